The molecule has 10 heteroatoms. The van der Waals surface area contributed by atoms with Crippen molar-refractivity contribution in [3.05, 3.63) is 23.4 Å². The fourth-order valence-electron chi connectivity index (χ4n) is 1.76. The minimum absolute atomic E-state index is 0.0348. The molecule has 0 aliphatic carbocycles. The standard InChI is InChI=1S/C11H18N6O3S/c1-3-4-12-6-9-5-10(8(2)20-9)21(18,19)13-7-11-14-16-17-15-11/h5,12-13H,3-4,6-7H2,1-2H3,(H,14,15,16,17). The van der Waals surface area contributed by atoms with Crippen LogP contribution in [0.25, 0.3) is 0 Å². The first-order valence-electron chi connectivity index (χ1n) is 6.55. The molecule has 0 amide bonds. The Kier molecular flexibility index (Phi) is 5.04. The molecule has 9 nitrogen and oxygen atoms in total. The van der Waals surface area contributed by atoms with E-state index < -0.39 is 10.0 Å². The van der Waals surface area contributed by atoms with Crippen LogP contribution in [0.3, 0.4) is 0 Å². The summed E-state index contributed by atoms with van der Waals surface area (Å²) in [6.45, 7) is 4.98. The zero-order valence-corrected chi connectivity index (χ0v) is 12.7. The number of H-pyrrole nitrogens is 1. The Hall–Kier alpha value is -1.78. The predicted molar refractivity (Wildman–Crippen MR) is 73.6 cm³/mol. The van der Waals surface area contributed by atoms with Crippen LogP contribution in [0.4, 0.5) is 0 Å². The highest BCUT2D eigenvalue weighted by Gasteiger charge is 2.21. The van der Waals surface area contributed by atoms with Gasteiger partial charge in [0, 0.05) is 6.07 Å². The highest BCUT2D eigenvalue weighted by molar-refractivity contribution is 7.89. The van der Waals surface area contributed by atoms with Gasteiger partial charge in [-0.15, -0.1) is 10.2 Å². The zero-order chi connectivity index (χ0) is 15.3. The summed E-state index contributed by atoms with van der Waals surface area (Å²) in [7, 11) is -3.67. The predicted octanol–water partition coefficient (Wildman–Crippen LogP) is 0.0792. The Bertz CT molecular complexity index is 664. The van der Waals surface area contributed by atoms with E-state index in [1.165, 1.54) is 6.07 Å². The number of aromatic amines is 1. The van der Waals surface area contributed by atoms with E-state index in [2.05, 4.69) is 37.6 Å². The molecule has 0 radical (unpaired) electrons. The van der Waals surface area contributed by atoms with Crippen LogP contribution >= 0.6 is 0 Å². The number of furan rings is 1. The molecule has 0 aliphatic heterocycles. The summed E-state index contributed by atoms with van der Waals surface area (Å²) in [5, 5.41) is 16.1. The van der Waals surface area contributed by atoms with Gasteiger partial charge in [-0.05, 0) is 19.9 Å². The molecule has 0 bridgehead atoms. The van der Waals surface area contributed by atoms with Crippen LogP contribution in [0.2, 0.25) is 0 Å². The maximum absolute atomic E-state index is 12.2. The Morgan fingerprint density at radius 1 is 1.38 bits per heavy atom. The molecule has 0 unspecified atom stereocenters. The van der Waals surface area contributed by atoms with Crippen LogP contribution in [0.15, 0.2) is 15.4 Å². The number of aryl methyl sites for hydroxylation is 1. The number of nitrogens with one attached hydrogen (secondary N) is 3. The zero-order valence-electron chi connectivity index (χ0n) is 11.9. The topological polar surface area (TPSA) is 126 Å². The van der Waals surface area contributed by atoms with Gasteiger partial charge in [0.2, 0.25) is 10.0 Å². The molecule has 2 aromatic heterocycles. The van der Waals surface area contributed by atoms with Crippen molar-refractivity contribution < 1.29 is 12.8 Å². The van der Waals surface area contributed by atoms with E-state index in [0.29, 0.717) is 18.1 Å². The number of aromatic nitrogens is 4. The second-order valence-electron chi connectivity index (χ2n) is 4.46. The summed E-state index contributed by atoms with van der Waals surface area (Å²) >= 11 is 0. The normalized spacial score (nSPS) is 11.9. The summed E-state index contributed by atoms with van der Waals surface area (Å²) in [6, 6.07) is 1.52. The van der Waals surface area contributed by atoms with E-state index in [0.717, 1.165) is 13.0 Å². The third-order valence-electron chi connectivity index (χ3n) is 2.75. The molecule has 0 saturated heterocycles. The second-order valence-corrected chi connectivity index (χ2v) is 6.20. The molecular weight excluding hydrogens is 296 g/mol. The molecule has 116 valence electrons. The summed E-state index contributed by atoms with van der Waals surface area (Å²) in [5.74, 6) is 1.20. The summed E-state index contributed by atoms with van der Waals surface area (Å²) in [6.07, 6.45) is 0.997. The molecule has 0 atom stereocenters. The van der Waals surface area contributed by atoms with E-state index >= 15 is 0 Å². The minimum Gasteiger partial charge on any atom is -0.464 e. The monoisotopic (exact) mass is 314 g/mol. The van der Waals surface area contributed by atoms with Crippen molar-refractivity contribution in [2.45, 2.75) is 38.3 Å². The molecule has 0 aromatic carbocycles. The molecule has 0 aliphatic rings. The molecule has 2 rings (SSSR count). The third kappa shape index (κ3) is 4.09. The van der Waals surface area contributed by atoms with Crippen molar-refractivity contribution in [3.63, 3.8) is 0 Å². The molecule has 0 spiro atoms. The van der Waals surface area contributed by atoms with Crippen LogP contribution in [0.5, 0.6) is 0 Å². The summed E-state index contributed by atoms with van der Waals surface area (Å²) in [4.78, 5) is 0.124. The molecule has 0 fully saturated rings. The lowest BCUT2D eigenvalue weighted by molar-refractivity contribution is 0.457. The lowest BCUT2D eigenvalue weighted by Crippen LogP contribution is -2.24. The Labute approximate surface area is 122 Å². The largest absolute Gasteiger partial charge is 0.464 e. The van der Waals surface area contributed by atoms with Gasteiger partial charge in [-0.2, -0.15) is 5.21 Å². The van der Waals surface area contributed by atoms with Gasteiger partial charge in [0.1, 0.15) is 16.4 Å². The van der Waals surface area contributed by atoms with Gasteiger partial charge in [0.15, 0.2) is 5.82 Å². The van der Waals surface area contributed by atoms with E-state index in [1.54, 1.807) is 6.92 Å². The number of nitrogens with zero attached hydrogens (tertiary/aromatic N) is 3. The van der Waals surface area contributed by atoms with Crippen molar-refractivity contribution in [2.75, 3.05) is 6.54 Å². The first-order valence-corrected chi connectivity index (χ1v) is 8.03. The quantitative estimate of drug-likeness (QED) is 0.589. The SMILES string of the molecule is CCCNCc1cc(S(=O)(=O)NCc2nn[nH]n2)c(C)o1. The number of hydrogen-bond acceptors (Lipinski definition) is 7. The molecule has 2 heterocycles. The smallest absolute Gasteiger partial charge is 0.244 e. The van der Waals surface area contributed by atoms with Crippen molar-refractivity contribution in [1.82, 2.24) is 30.7 Å². The molecule has 21 heavy (non-hydrogen) atoms. The first-order chi connectivity index (χ1) is 10.0. The second kappa shape index (κ2) is 6.78. The summed E-state index contributed by atoms with van der Waals surface area (Å²) < 4.78 is 32.3. The van der Waals surface area contributed by atoms with Gasteiger partial charge in [0.05, 0.1) is 13.1 Å². The Morgan fingerprint density at radius 2 is 2.19 bits per heavy atom. The van der Waals surface area contributed by atoms with Gasteiger partial charge in [-0.1, -0.05) is 12.1 Å². The maximum atomic E-state index is 12.2. The van der Waals surface area contributed by atoms with Crippen molar-refractivity contribution in [2.24, 2.45) is 0 Å². The van der Waals surface area contributed by atoms with Gasteiger partial charge in [0.25, 0.3) is 0 Å². The average molecular weight is 314 g/mol. The van der Waals surface area contributed by atoms with E-state index in [9.17, 15) is 8.42 Å². The lowest BCUT2D eigenvalue weighted by Gasteiger charge is -2.02. The lowest BCUT2D eigenvalue weighted by atomic mass is 10.4. The first kappa shape index (κ1) is 15.6. The van der Waals surface area contributed by atoms with Crippen LogP contribution in [-0.2, 0) is 23.1 Å². The number of sulfonamides is 1. The van der Waals surface area contributed by atoms with Crippen LogP contribution in [0, 0.1) is 6.92 Å². The fourth-order valence-corrected chi connectivity index (χ4v) is 2.94. The van der Waals surface area contributed by atoms with E-state index in [-0.39, 0.29) is 17.3 Å². The Balaban J connectivity index is 2.05. The van der Waals surface area contributed by atoms with Crippen molar-refractivity contribution >= 4 is 10.0 Å². The Morgan fingerprint density at radius 3 is 2.86 bits per heavy atom. The van der Waals surface area contributed by atoms with Crippen LogP contribution < -0.4 is 10.0 Å². The minimum atomic E-state index is -3.67. The molecule has 3 N–H and O–H groups in total. The van der Waals surface area contributed by atoms with Crippen molar-refractivity contribution in [3.8, 4) is 0 Å². The van der Waals surface area contributed by atoms with Crippen molar-refractivity contribution in [1.29, 1.82) is 0 Å². The maximum Gasteiger partial charge on any atom is 0.244 e. The van der Waals surface area contributed by atoms with Gasteiger partial charge in [-0.25, -0.2) is 13.1 Å². The van der Waals surface area contributed by atoms with Crippen LogP contribution in [0.1, 0.15) is 30.7 Å². The number of tetrazole rings is 1. The molecule has 2 aromatic rings. The van der Waals surface area contributed by atoms with Crippen LogP contribution in [-0.4, -0.2) is 35.6 Å². The molecule has 0 saturated carbocycles. The molecular formula is C11H18N6O3S. The van der Waals surface area contributed by atoms with E-state index in [1.807, 2.05) is 0 Å². The fraction of sp³-hybridized carbons (Fsp3) is 0.545. The number of rotatable bonds is 8. The number of hydrogen-bond donors (Lipinski definition) is 3. The third-order valence-corrected chi connectivity index (χ3v) is 4.26. The highest BCUT2D eigenvalue weighted by Crippen LogP contribution is 2.20. The van der Waals surface area contributed by atoms with Gasteiger partial charge >= 0.3 is 0 Å². The average Bonchev–Trinajstić information content (AvgIpc) is 3.07. The van der Waals surface area contributed by atoms with E-state index in [4.69, 9.17) is 4.42 Å². The van der Waals surface area contributed by atoms with Gasteiger partial charge in [-0.3, -0.25) is 0 Å². The summed E-state index contributed by atoms with van der Waals surface area (Å²) in [5.41, 5.74) is 0. The highest BCUT2D eigenvalue weighted by atomic mass is 32.2. The van der Waals surface area contributed by atoms with Gasteiger partial charge < -0.3 is 9.73 Å².